The van der Waals surface area contributed by atoms with Gasteiger partial charge in [-0.25, -0.2) is 4.57 Å². The van der Waals surface area contributed by atoms with Gasteiger partial charge in [0.1, 0.15) is 6.10 Å². The average Bonchev–Trinajstić information content (AvgIpc) is 2.91. The first kappa shape index (κ1) is 10.6. The van der Waals surface area contributed by atoms with E-state index in [9.17, 15) is 4.57 Å². The zero-order valence-electron chi connectivity index (χ0n) is 8.39. The lowest BCUT2D eigenvalue weighted by Gasteiger charge is -2.21. The first-order valence-electron chi connectivity index (χ1n) is 4.74. The summed E-state index contributed by atoms with van der Waals surface area (Å²) in [5.74, 6) is -0.681. The summed E-state index contributed by atoms with van der Waals surface area (Å²) in [7, 11) is -0.785. The molecular weight excluding hydrogens is 207 g/mol. The highest BCUT2D eigenvalue weighted by molar-refractivity contribution is 7.48. The van der Waals surface area contributed by atoms with Crippen LogP contribution in [0.1, 0.15) is 25.7 Å². The van der Waals surface area contributed by atoms with Crippen LogP contribution < -0.4 is 0 Å². The molecule has 1 aliphatic carbocycles. The summed E-state index contributed by atoms with van der Waals surface area (Å²) in [6.45, 7) is 0. The van der Waals surface area contributed by atoms with Crippen LogP contribution >= 0.6 is 7.82 Å². The van der Waals surface area contributed by atoms with Crippen LogP contribution in [0.15, 0.2) is 0 Å². The smallest absolute Gasteiger partial charge is 0.338 e. The van der Waals surface area contributed by atoms with E-state index in [0.29, 0.717) is 0 Å². The van der Waals surface area contributed by atoms with Gasteiger partial charge in [0.25, 0.3) is 0 Å². The Kier molecular flexibility index (Phi) is 2.70. The second kappa shape index (κ2) is 3.58. The van der Waals surface area contributed by atoms with E-state index in [2.05, 4.69) is 0 Å². The highest BCUT2D eigenvalue weighted by Gasteiger charge is 2.62. The van der Waals surface area contributed by atoms with Gasteiger partial charge in [-0.2, -0.15) is 0 Å². The lowest BCUT2D eigenvalue weighted by Crippen LogP contribution is -2.22. The van der Waals surface area contributed by atoms with E-state index in [4.69, 9.17) is 18.3 Å². The summed E-state index contributed by atoms with van der Waals surface area (Å²) >= 11 is 0. The van der Waals surface area contributed by atoms with E-state index < -0.39 is 13.6 Å². The van der Waals surface area contributed by atoms with Crippen LogP contribution in [0, 0.1) is 0 Å². The number of rotatable bonds is 4. The summed E-state index contributed by atoms with van der Waals surface area (Å²) in [5.41, 5.74) is 0. The van der Waals surface area contributed by atoms with Gasteiger partial charge in [-0.05, 0) is 12.8 Å². The molecule has 1 heterocycles. The molecule has 5 nitrogen and oxygen atoms in total. The largest absolute Gasteiger partial charge is 0.476 e. The van der Waals surface area contributed by atoms with Crippen molar-refractivity contribution in [2.24, 2.45) is 0 Å². The standard InChI is InChI=1S/C8H15O5P/c1-10-14(9,11-2)13-8-6-4-3-5-7(8)12-8/h7H,3-6H2,1-2H3. The normalized spacial score (nSPS) is 36.6. The third kappa shape index (κ3) is 1.75. The number of ether oxygens (including phenoxy) is 1. The maximum atomic E-state index is 11.7. The van der Waals surface area contributed by atoms with Gasteiger partial charge in [-0.3, -0.25) is 13.6 Å². The van der Waals surface area contributed by atoms with Crippen molar-refractivity contribution in [2.45, 2.75) is 37.6 Å². The molecule has 6 heteroatoms. The molecule has 0 N–H and O–H groups in total. The first-order chi connectivity index (χ1) is 6.64. The Morgan fingerprint density at radius 2 is 2.07 bits per heavy atom. The summed E-state index contributed by atoms with van der Waals surface area (Å²) in [6, 6.07) is 0. The van der Waals surface area contributed by atoms with Gasteiger partial charge >= 0.3 is 7.82 Å². The zero-order chi connectivity index (χ0) is 10.2. The number of hydrogen-bond acceptors (Lipinski definition) is 5. The minimum atomic E-state index is -3.40. The van der Waals surface area contributed by atoms with Crippen LogP contribution in [-0.2, 0) is 22.9 Å². The first-order valence-corrected chi connectivity index (χ1v) is 6.20. The second-order valence-electron chi connectivity index (χ2n) is 3.57. The maximum absolute atomic E-state index is 11.7. The van der Waals surface area contributed by atoms with Crippen molar-refractivity contribution in [1.29, 1.82) is 0 Å². The van der Waals surface area contributed by atoms with E-state index in [-0.39, 0.29) is 6.10 Å². The number of phosphoric acid groups is 1. The molecule has 82 valence electrons. The molecule has 0 bridgehead atoms. The maximum Gasteiger partial charge on any atom is 0.476 e. The monoisotopic (exact) mass is 222 g/mol. The van der Waals surface area contributed by atoms with Gasteiger partial charge in [0.2, 0.25) is 5.79 Å². The van der Waals surface area contributed by atoms with Crippen LogP contribution in [0.25, 0.3) is 0 Å². The molecule has 0 aromatic rings. The van der Waals surface area contributed by atoms with Crippen molar-refractivity contribution in [3.8, 4) is 0 Å². The van der Waals surface area contributed by atoms with Crippen LogP contribution in [-0.4, -0.2) is 26.1 Å². The number of hydrogen-bond donors (Lipinski definition) is 0. The van der Waals surface area contributed by atoms with Gasteiger partial charge in [0.05, 0.1) is 0 Å². The van der Waals surface area contributed by atoms with Crippen LogP contribution in [0.2, 0.25) is 0 Å². The predicted molar refractivity (Wildman–Crippen MR) is 48.8 cm³/mol. The highest BCUT2D eigenvalue weighted by atomic mass is 31.2. The number of fused-ring (bicyclic) bond motifs is 1. The molecule has 0 aromatic carbocycles. The zero-order valence-corrected chi connectivity index (χ0v) is 9.29. The lowest BCUT2D eigenvalue weighted by atomic mass is 9.98. The van der Waals surface area contributed by atoms with Gasteiger partial charge in [0.15, 0.2) is 0 Å². The summed E-state index contributed by atoms with van der Waals surface area (Å²) < 4.78 is 31.9. The molecule has 14 heavy (non-hydrogen) atoms. The molecule has 2 atom stereocenters. The Labute approximate surface area is 83.3 Å². The van der Waals surface area contributed by atoms with Crippen molar-refractivity contribution in [1.82, 2.24) is 0 Å². The van der Waals surface area contributed by atoms with Gasteiger partial charge in [-0.15, -0.1) is 0 Å². The fourth-order valence-corrected chi connectivity index (χ4v) is 2.80. The van der Waals surface area contributed by atoms with E-state index in [1.54, 1.807) is 0 Å². The van der Waals surface area contributed by atoms with Crippen molar-refractivity contribution in [2.75, 3.05) is 14.2 Å². The Morgan fingerprint density at radius 1 is 1.36 bits per heavy atom. The minimum Gasteiger partial charge on any atom is -0.338 e. The molecule has 0 amide bonds. The number of epoxide rings is 1. The minimum absolute atomic E-state index is 0.0786. The van der Waals surface area contributed by atoms with Crippen LogP contribution in [0.4, 0.5) is 0 Å². The van der Waals surface area contributed by atoms with E-state index in [1.807, 2.05) is 0 Å². The van der Waals surface area contributed by atoms with E-state index in [0.717, 1.165) is 25.7 Å². The van der Waals surface area contributed by atoms with E-state index >= 15 is 0 Å². The molecule has 0 aromatic heterocycles. The molecule has 1 saturated heterocycles. The van der Waals surface area contributed by atoms with Gasteiger partial charge in [0, 0.05) is 20.6 Å². The SMILES string of the molecule is COP(=O)(OC)OC12CCCCC1O2. The number of phosphoric ester groups is 1. The molecule has 0 radical (unpaired) electrons. The summed E-state index contributed by atoms with van der Waals surface area (Å²) in [5, 5.41) is 0. The molecule has 1 saturated carbocycles. The quantitative estimate of drug-likeness (QED) is 0.538. The molecule has 2 fully saturated rings. The van der Waals surface area contributed by atoms with E-state index in [1.165, 1.54) is 14.2 Å². The molecule has 2 rings (SSSR count). The van der Waals surface area contributed by atoms with Crippen molar-refractivity contribution in [3.05, 3.63) is 0 Å². The average molecular weight is 222 g/mol. The summed E-state index contributed by atoms with van der Waals surface area (Å²) in [4.78, 5) is 0. The predicted octanol–water partition coefficient (Wildman–Crippen LogP) is 2.07. The second-order valence-corrected chi connectivity index (χ2v) is 5.38. The molecule has 0 spiro atoms. The van der Waals surface area contributed by atoms with Crippen molar-refractivity contribution in [3.63, 3.8) is 0 Å². The van der Waals surface area contributed by atoms with Crippen LogP contribution in [0.5, 0.6) is 0 Å². The highest BCUT2D eigenvalue weighted by Crippen LogP contribution is 2.60. The molecule has 1 aliphatic heterocycles. The lowest BCUT2D eigenvalue weighted by molar-refractivity contribution is 0.0101. The van der Waals surface area contributed by atoms with Crippen molar-refractivity contribution >= 4 is 7.82 Å². The third-order valence-electron chi connectivity index (χ3n) is 2.73. The Morgan fingerprint density at radius 3 is 2.64 bits per heavy atom. The fraction of sp³-hybridized carbons (Fsp3) is 1.00. The summed E-state index contributed by atoms with van der Waals surface area (Å²) in [6.07, 6.45) is 3.99. The fourth-order valence-electron chi connectivity index (χ4n) is 1.87. The van der Waals surface area contributed by atoms with Crippen molar-refractivity contribution < 1.29 is 22.9 Å². The van der Waals surface area contributed by atoms with Crippen LogP contribution in [0.3, 0.4) is 0 Å². The molecular formula is C8H15O5P. The molecule has 2 unspecified atom stereocenters. The Hall–Kier alpha value is 0.0700. The topological polar surface area (TPSA) is 57.3 Å². The Bertz CT molecular complexity index is 260. The van der Waals surface area contributed by atoms with Gasteiger partial charge in [-0.1, -0.05) is 6.42 Å². The Balaban J connectivity index is 2.00. The van der Waals surface area contributed by atoms with Gasteiger partial charge < -0.3 is 4.74 Å². The third-order valence-corrected chi connectivity index (χ3v) is 4.16. The molecule has 2 aliphatic rings.